The van der Waals surface area contributed by atoms with E-state index in [1.165, 1.54) is 11.1 Å². The first-order valence-corrected chi connectivity index (χ1v) is 5.70. The Kier molecular flexibility index (Phi) is 3.39. The Morgan fingerprint density at radius 2 is 2.07 bits per heavy atom. The van der Waals surface area contributed by atoms with E-state index < -0.39 is 0 Å². The van der Waals surface area contributed by atoms with E-state index in [0.29, 0.717) is 0 Å². The van der Waals surface area contributed by atoms with Crippen molar-refractivity contribution < 1.29 is 5.11 Å². The van der Waals surface area contributed by atoms with Crippen LogP contribution >= 0.6 is 0 Å². The standard InChI is InChI=1S/C13H19NO/c1-11-2-4-12(5-3-11)6-8-14-9-7-13(15)10-14/h2-5,13,15H,6-10H2,1H3. The minimum absolute atomic E-state index is 0.0944. The monoisotopic (exact) mass is 205 g/mol. The van der Waals surface area contributed by atoms with E-state index in [1.807, 2.05) is 0 Å². The van der Waals surface area contributed by atoms with Crippen LogP contribution in [0.2, 0.25) is 0 Å². The van der Waals surface area contributed by atoms with Crippen molar-refractivity contribution in [3.05, 3.63) is 35.4 Å². The first kappa shape index (κ1) is 10.7. The normalized spacial score (nSPS) is 22.1. The predicted molar refractivity (Wildman–Crippen MR) is 61.9 cm³/mol. The number of rotatable bonds is 3. The van der Waals surface area contributed by atoms with Crippen LogP contribution in [-0.4, -0.2) is 35.7 Å². The van der Waals surface area contributed by atoms with Crippen LogP contribution in [0.25, 0.3) is 0 Å². The second kappa shape index (κ2) is 4.77. The fraction of sp³-hybridized carbons (Fsp3) is 0.538. The molecule has 2 rings (SSSR count). The lowest BCUT2D eigenvalue weighted by Gasteiger charge is -2.14. The molecule has 2 nitrogen and oxygen atoms in total. The van der Waals surface area contributed by atoms with E-state index in [2.05, 4.69) is 36.1 Å². The molecule has 1 aromatic carbocycles. The highest BCUT2D eigenvalue weighted by atomic mass is 16.3. The average molecular weight is 205 g/mol. The summed E-state index contributed by atoms with van der Waals surface area (Å²) in [6, 6.07) is 8.71. The maximum absolute atomic E-state index is 9.39. The van der Waals surface area contributed by atoms with Crippen LogP contribution in [0, 0.1) is 6.92 Å². The SMILES string of the molecule is Cc1ccc(CCN2CCC(O)C2)cc1. The van der Waals surface area contributed by atoms with Crippen LogP contribution in [0.5, 0.6) is 0 Å². The number of likely N-dealkylation sites (tertiary alicyclic amines) is 1. The lowest BCUT2D eigenvalue weighted by Crippen LogP contribution is -2.24. The molecule has 0 bridgehead atoms. The van der Waals surface area contributed by atoms with Crippen molar-refractivity contribution >= 4 is 0 Å². The van der Waals surface area contributed by atoms with E-state index in [4.69, 9.17) is 0 Å². The van der Waals surface area contributed by atoms with Crippen LogP contribution in [0.15, 0.2) is 24.3 Å². The summed E-state index contributed by atoms with van der Waals surface area (Å²) in [6.45, 7) is 5.08. The molecular weight excluding hydrogens is 186 g/mol. The van der Waals surface area contributed by atoms with Gasteiger partial charge in [-0.25, -0.2) is 0 Å². The van der Waals surface area contributed by atoms with E-state index in [1.54, 1.807) is 0 Å². The number of hydrogen-bond donors (Lipinski definition) is 1. The molecule has 0 radical (unpaired) electrons. The molecule has 1 fully saturated rings. The first-order valence-electron chi connectivity index (χ1n) is 5.70. The van der Waals surface area contributed by atoms with Crippen LogP contribution < -0.4 is 0 Å². The van der Waals surface area contributed by atoms with Gasteiger partial charge in [-0.3, -0.25) is 0 Å². The summed E-state index contributed by atoms with van der Waals surface area (Å²) in [5.74, 6) is 0. The van der Waals surface area contributed by atoms with E-state index in [-0.39, 0.29) is 6.10 Å². The quantitative estimate of drug-likeness (QED) is 0.810. The average Bonchev–Trinajstić information content (AvgIpc) is 2.64. The van der Waals surface area contributed by atoms with Crippen molar-refractivity contribution in [3.63, 3.8) is 0 Å². The molecule has 0 spiro atoms. The molecule has 1 N–H and O–H groups in total. The summed E-state index contributed by atoms with van der Waals surface area (Å²) >= 11 is 0. The zero-order valence-corrected chi connectivity index (χ0v) is 9.32. The Labute approximate surface area is 91.5 Å². The summed E-state index contributed by atoms with van der Waals surface area (Å²) in [4.78, 5) is 2.34. The number of nitrogens with zero attached hydrogens (tertiary/aromatic N) is 1. The Hall–Kier alpha value is -0.860. The Morgan fingerprint density at radius 3 is 2.67 bits per heavy atom. The van der Waals surface area contributed by atoms with Gasteiger partial charge in [0.15, 0.2) is 0 Å². The second-order valence-corrected chi connectivity index (χ2v) is 4.48. The molecule has 0 saturated carbocycles. The third-order valence-electron chi connectivity index (χ3n) is 3.08. The molecule has 0 aliphatic carbocycles. The highest BCUT2D eigenvalue weighted by Gasteiger charge is 2.19. The van der Waals surface area contributed by atoms with Gasteiger partial charge in [-0.15, -0.1) is 0 Å². The molecule has 0 amide bonds. The number of aliphatic hydroxyl groups excluding tert-OH is 1. The van der Waals surface area contributed by atoms with Gasteiger partial charge in [-0.2, -0.15) is 0 Å². The van der Waals surface area contributed by atoms with Crippen LogP contribution in [0.3, 0.4) is 0 Å². The number of benzene rings is 1. The summed E-state index contributed by atoms with van der Waals surface area (Å²) < 4.78 is 0. The largest absolute Gasteiger partial charge is 0.392 e. The van der Waals surface area contributed by atoms with Crippen molar-refractivity contribution in [1.29, 1.82) is 0 Å². The van der Waals surface area contributed by atoms with Gasteiger partial charge in [0.2, 0.25) is 0 Å². The molecule has 2 heteroatoms. The van der Waals surface area contributed by atoms with Gasteiger partial charge < -0.3 is 10.0 Å². The molecule has 1 heterocycles. The van der Waals surface area contributed by atoms with Crippen LogP contribution in [0.1, 0.15) is 17.5 Å². The van der Waals surface area contributed by atoms with Gasteiger partial charge in [0.05, 0.1) is 6.10 Å². The van der Waals surface area contributed by atoms with Gasteiger partial charge in [0.1, 0.15) is 0 Å². The lowest BCUT2D eigenvalue weighted by atomic mass is 10.1. The molecule has 15 heavy (non-hydrogen) atoms. The van der Waals surface area contributed by atoms with E-state index in [9.17, 15) is 5.11 Å². The van der Waals surface area contributed by atoms with Gasteiger partial charge >= 0.3 is 0 Å². The van der Waals surface area contributed by atoms with Gasteiger partial charge in [0.25, 0.3) is 0 Å². The summed E-state index contributed by atoms with van der Waals surface area (Å²) in [7, 11) is 0. The minimum atomic E-state index is -0.0944. The lowest BCUT2D eigenvalue weighted by molar-refractivity contribution is 0.177. The minimum Gasteiger partial charge on any atom is -0.392 e. The van der Waals surface area contributed by atoms with Crippen LogP contribution in [0.4, 0.5) is 0 Å². The molecule has 1 unspecified atom stereocenters. The van der Waals surface area contributed by atoms with Crippen molar-refractivity contribution in [2.75, 3.05) is 19.6 Å². The number of hydrogen-bond acceptors (Lipinski definition) is 2. The van der Waals surface area contributed by atoms with Crippen molar-refractivity contribution in [2.45, 2.75) is 25.9 Å². The molecule has 82 valence electrons. The van der Waals surface area contributed by atoms with Crippen LogP contribution in [-0.2, 0) is 6.42 Å². The number of β-amino-alcohol motifs (C(OH)–C–C–N with tert-alkyl or cyclic N) is 1. The summed E-state index contributed by atoms with van der Waals surface area (Å²) in [5.41, 5.74) is 2.71. The van der Waals surface area contributed by atoms with Crippen molar-refractivity contribution in [3.8, 4) is 0 Å². The molecule has 1 atom stereocenters. The summed E-state index contributed by atoms with van der Waals surface area (Å²) in [5, 5.41) is 9.39. The predicted octanol–water partition coefficient (Wildman–Crippen LogP) is 1.60. The van der Waals surface area contributed by atoms with Gasteiger partial charge in [-0.1, -0.05) is 29.8 Å². The highest BCUT2D eigenvalue weighted by molar-refractivity contribution is 5.21. The zero-order valence-electron chi connectivity index (χ0n) is 9.32. The fourth-order valence-corrected chi connectivity index (χ4v) is 2.06. The van der Waals surface area contributed by atoms with Crippen molar-refractivity contribution in [1.82, 2.24) is 4.90 Å². The summed E-state index contributed by atoms with van der Waals surface area (Å²) in [6.07, 6.45) is 1.93. The molecule has 1 aromatic rings. The van der Waals surface area contributed by atoms with Gasteiger partial charge in [0, 0.05) is 19.6 Å². The maximum atomic E-state index is 9.39. The topological polar surface area (TPSA) is 23.5 Å². The Balaban J connectivity index is 1.80. The molecule has 1 aliphatic heterocycles. The maximum Gasteiger partial charge on any atom is 0.0679 e. The molecular formula is C13H19NO. The smallest absolute Gasteiger partial charge is 0.0679 e. The van der Waals surface area contributed by atoms with Crippen molar-refractivity contribution in [2.24, 2.45) is 0 Å². The van der Waals surface area contributed by atoms with Gasteiger partial charge in [-0.05, 0) is 25.3 Å². The van der Waals surface area contributed by atoms with E-state index in [0.717, 1.165) is 32.5 Å². The number of aliphatic hydroxyl groups is 1. The Bertz CT molecular complexity index is 307. The highest BCUT2D eigenvalue weighted by Crippen LogP contribution is 2.10. The molecule has 0 aromatic heterocycles. The Morgan fingerprint density at radius 1 is 1.33 bits per heavy atom. The third kappa shape index (κ3) is 3.05. The third-order valence-corrected chi connectivity index (χ3v) is 3.08. The first-order chi connectivity index (χ1) is 7.24. The zero-order chi connectivity index (χ0) is 10.7. The van der Waals surface area contributed by atoms with E-state index >= 15 is 0 Å². The second-order valence-electron chi connectivity index (χ2n) is 4.48. The molecule has 1 saturated heterocycles. The fourth-order valence-electron chi connectivity index (χ4n) is 2.06. The number of aryl methyl sites for hydroxylation is 1. The molecule has 1 aliphatic rings.